The van der Waals surface area contributed by atoms with Gasteiger partial charge in [-0.15, -0.1) is 4.68 Å². The summed E-state index contributed by atoms with van der Waals surface area (Å²) in [4.78, 5) is 0. The van der Waals surface area contributed by atoms with Crippen molar-refractivity contribution in [2.45, 2.75) is 6.92 Å². The Balaban J connectivity index is 0.000000491. The first-order chi connectivity index (χ1) is 14.8. The fraction of sp³-hybridized carbons (Fsp3) is 0.0455. The molecule has 1 aromatic heterocycles. The molecule has 3 nitrogen and oxygen atoms in total. The highest BCUT2D eigenvalue weighted by molar-refractivity contribution is 6.50. The summed E-state index contributed by atoms with van der Waals surface area (Å²) >= 11 is 6.73. The Kier molecular flexibility index (Phi) is 7.02. The summed E-state index contributed by atoms with van der Waals surface area (Å²) in [6, 6.07) is 29.8. The molecular weight excluding hydrogens is 431 g/mol. The minimum atomic E-state index is -6.00. The summed E-state index contributed by atoms with van der Waals surface area (Å²) in [6.45, 7) is 1.97. The number of halogens is 5. The first-order valence-electron chi connectivity index (χ1n) is 9.30. The number of para-hydroxylation sites is 3. The lowest BCUT2D eigenvalue weighted by atomic mass is 10.3. The average molecular weight is 449 g/mol. The van der Waals surface area contributed by atoms with Gasteiger partial charge in [-0.05, 0) is 35.9 Å². The van der Waals surface area contributed by atoms with E-state index in [0.717, 1.165) is 22.7 Å². The van der Waals surface area contributed by atoms with Crippen LogP contribution < -0.4 is 9.42 Å². The highest BCUT2D eigenvalue weighted by Gasteiger charge is 2.32. The highest BCUT2D eigenvalue weighted by atomic mass is 35.5. The van der Waals surface area contributed by atoms with Gasteiger partial charge in [-0.25, -0.2) is 0 Å². The maximum Gasteiger partial charge on any atom is 0.673 e. The zero-order valence-corrected chi connectivity index (χ0v) is 17.2. The number of ether oxygens (including phenoxy) is 1. The second-order valence-electron chi connectivity index (χ2n) is 6.43. The summed E-state index contributed by atoms with van der Waals surface area (Å²) in [5.74, 6) is 1.46. The van der Waals surface area contributed by atoms with Gasteiger partial charge in [0.2, 0.25) is 5.69 Å². The number of hydrogen-bond acceptors (Lipinski definition) is 1. The third-order valence-electron chi connectivity index (χ3n) is 4.17. The van der Waals surface area contributed by atoms with Crippen LogP contribution in [0.3, 0.4) is 0 Å². The second kappa shape index (κ2) is 9.70. The molecule has 0 radical (unpaired) electrons. The van der Waals surface area contributed by atoms with Crippen molar-refractivity contribution < 1.29 is 26.7 Å². The summed E-state index contributed by atoms with van der Waals surface area (Å²) < 4.78 is 49.2. The Morgan fingerprint density at radius 1 is 0.774 bits per heavy atom. The van der Waals surface area contributed by atoms with E-state index in [2.05, 4.69) is 0 Å². The molecule has 0 N–H and O–H groups in total. The molecule has 31 heavy (non-hydrogen) atoms. The van der Waals surface area contributed by atoms with Gasteiger partial charge in [0.15, 0.2) is 5.15 Å². The van der Waals surface area contributed by atoms with Crippen molar-refractivity contribution in [1.82, 2.24) is 4.68 Å². The van der Waals surface area contributed by atoms with Crippen LogP contribution in [0.15, 0.2) is 91.0 Å². The largest absolute Gasteiger partial charge is 0.673 e. The average Bonchev–Trinajstić information content (AvgIpc) is 2.99. The van der Waals surface area contributed by atoms with E-state index in [4.69, 9.17) is 16.3 Å². The maximum absolute atomic E-state index is 9.75. The standard InChI is InChI=1S/C22H18ClN2O.BF4/c1-17-21(23)24(18-11-5-2-6-12-18)25(19-13-7-3-8-14-19)22(17)26-20-15-9-4-10-16-20;2-1(3,4)5/h2-16H,1H3;/q+1;-1. The molecule has 0 atom stereocenters. The Morgan fingerprint density at radius 3 is 1.74 bits per heavy atom. The van der Waals surface area contributed by atoms with Crippen molar-refractivity contribution in [2.24, 2.45) is 0 Å². The molecule has 0 aliphatic carbocycles. The first kappa shape index (κ1) is 22.4. The van der Waals surface area contributed by atoms with E-state index in [9.17, 15) is 17.3 Å². The number of aromatic nitrogens is 2. The number of hydrogen-bond donors (Lipinski definition) is 0. The molecule has 4 aromatic rings. The Bertz CT molecular complexity index is 1120. The van der Waals surface area contributed by atoms with E-state index in [1.54, 1.807) is 0 Å². The molecule has 0 saturated carbocycles. The lowest BCUT2D eigenvalue weighted by molar-refractivity contribution is -0.678. The maximum atomic E-state index is 9.75. The SMILES string of the molecule is Cc1c(Cl)n(-c2ccccc2)[n+](-c2ccccc2)c1Oc1ccccc1.F[B-](F)(F)F. The van der Waals surface area contributed by atoms with Crippen molar-refractivity contribution in [3.63, 3.8) is 0 Å². The Hall–Kier alpha value is -3.26. The zero-order chi connectivity index (χ0) is 22.4. The normalized spacial score (nSPS) is 10.9. The van der Waals surface area contributed by atoms with Crippen molar-refractivity contribution in [1.29, 1.82) is 0 Å². The fourth-order valence-corrected chi connectivity index (χ4v) is 3.16. The molecule has 0 amide bonds. The predicted molar refractivity (Wildman–Crippen MR) is 114 cm³/mol. The number of nitrogens with zero attached hydrogens (tertiary/aromatic N) is 2. The van der Waals surface area contributed by atoms with Crippen LogP contribution in [0, 0.1) is 6.92 Å². The van der Waals surface area contributed by atoms with Gasteiger partial charge in [-0.1, -0.05) is 66.2 Å². The van der Waals surface area contributed by atoms with E-state index < -0.39 is 7.25 Å². The van der Waals surface area contributed by atoms with E-state index >= 15 is 0 Å². The van der Waals surface area contributed by atoms with Crippen LogP contribution in [-0.2, 0) is 0 Å². The van der Waals surface area contributed by atoms with Gasteiger partial charge in [0, 0.05) is 12.1 Å². The quantitative estimate of drug-likeness (QED) is 0.191. The van der Waals surface area contributed by atoms with Gasteiger partial charge in [0.1, 0.15) is 17.0 Å². The fourth-order valence-electron chi connectivity index (χ4n) is 2.90. The van der Waals surface area contributed by atoms with Crippen LogP contribution in [0.4, 0.5) is 17.3 Å². The second-order valence-corrected chi connectivity index (χ2v) is 6.78. The molecule has 0 saturated heterocycles. The van der Waals surface area contributed by atoms with Gasteiger partial charge in [-0.3, -0.25) is 0 Å². The number of rotatable bonds is 4. The summed E-state index contributed by atoms with van der Waals surface area (Å²) in [7, 11) is -6.00. The highest BCUT2D eigenvalue weighted by Crippen LogP contribution is 2.31. The van der Waals surface area contributed by atoms with Gasteiger partial charge in [0.05, 0.1) is 0 Å². The van der Waals surface area contributed by atoms with Crippen LogP contribution >= 0.6 is 11.6 Å². The third kappa shape index (κ3) is 5.89. The summed E-state index contributed by atoms with van der Waals surface area (Å²) in [5, 5.41) is 0.617. The van der Waals surface area contributed by atoms with Crippen LogP contribution in [0.5, 0.6) is 11.6 Å². The van der Waals surface area contributed by atoms with E-state index in [1.165, 1.54) is 0 Å². The van der Waals surface area contributed by atoms with E-state index in [1.807, 2.05) is 107 Å². The summed E-state index contributed by atoms with van der Waals surface area (Å²) in [6.07, 6.45) is 0. The number of benzene rings is 3. The van der Waals surface area contributed by atoms with Crippen molar-refractivity contribution in [2.75, 3.05) is 0 Å². The first-order valence-corrected chi connectivity index (χ1v) is 9.67. The minimum absolute atomic E-state index is 0.617. The van der Waals surface area contributed by atoms with Crippen LogP contribution in [0.2, 0.25) is 5.15 Å². The molecule has 0 aliphatic rings. The molecule has 0 unspecified atom stereocenters. The van der Waals surface area contributed by atoms with Gasteiger partial charge < -0.3 is 22.0 Å². The van der Waals surface area contributed by atoms with E-state index in [-0.39, 0.29) is 0 Å². The Labute approximate surface area is 182 Å². The molecule has 9 heteroatoms. The van der Waals surface area contributed by atoms with Gasteiger partial charge in [-0.2, -0.15) is 0 Å². The lowest BCUT2D eigenvalue weighted by Gasteiger charge is -2.06. The molecule has 1 heterocycles. The molecular formula is C22H18BClF4N2O. The molecule has 3 aromatic carbocycles. The van der Waals surface area contributed by atoms with Crippen molar-refractivity contribution in [3.8, 4) is 23.0 Å². The molecule has 0 bridgehead atoms. The summed E-state index contributed by atoms with van der Waals surface area (Å²) in [5.41, 5.74) is 2.81. The van der Waals surface area contributed by atoms with Crippen LogP contribution in [0.25, 0.3) is 11.4 Å². The van der Waals surface area contributed by atoms with Crippen molar-refractivity contribution >= 4 is 18.9 Å². The minimum Gasteiger partial charge on any atom is -0.418 e. The Morgan fingerprint density at radius 2 is 1.23 bits per heavy atom. The van der Waals surface area contributed by atoms with Crippen molar-refractivity contribution in [3.05, 3.63) is 102 Å². The molecule has 160 valence electrons. The monoisotopic (exact) mass is 448 g/mol. The lowest BCUT2D eigenvalue weighted by Crippen LogP contribution is -2.40. The zero-order valence-electron chi connectivity index (χ0n) is 16.4. The predicted octanol–water partition coefficient (Wildman–Crippen LogP) is 6.81. The van der Waals surface area contributed by atoms with Crippen LogP contribution in [-0.4, -0.2) is 11.9 Å². The molecule has 0 aliphatic heterocycles. The van der Waals surface area contributed by atoms with E-state index in [0.29, 0.717) is 11.0 Å². The smallest absolute Gasteiger partial charge is 0.418 e. The molecule has 4 rings (SSSR count). The molecule has 0 fully saturated rings. The van der Waals surface area contributed by atoms with Gasteiger partial charge >= 0.3 is 13.1 Å². The third-order valence-corrected chi connectivity index (χ3v) is 4.61. The topological polar surface area (TPSA) is 18.0 Å². The van der Waals surface area contributed by atoms with Gasteiger partial charge in [0.25, 0.3) is 0 Å². The molecule has 0 spiro atoms. The van der Waals surface area contributed by atoms with Crippen LogP contribution in [0.1, 0.15) is 5.56 Å².